The maximum Gasteiger partial charge on any atom is 0.0492 e. The second-order valence-electron chi connectivity index (χ2n) is 2.93. The van der Waals surface area contributed by atoms with Gasteiger partial charge >= 0.3 is 0 Å². The highest BCUT2D eigenvalue weighted by atomic mass is 32.1. The van der Waals surface area contributed by atoms with Gasteiger partial charge in [-0.15, -0.1) is 11.3 Å². The van der Waals surface area contributed by atoms with Crippen LogP contribution in [0.5, 0.6) is 0 Å². The Morgan fingerprint density at radius 1 is 1.69 bits per heavy atom. The quantitative estimate of drug-likeness (QED) is 0.560. The molecule has 0 spiro atoms. The fourth-order valence-corrected chi connectivity index (χ4v) is 2.09. The maximum absolute atomic E-state index is 5.47. The van der Waals surface area contributed by atoms with Gasteiger partial charge in [0.1, 0.15) is 0 Å². The number of hydrogen-bond acceptors (Lipinski definition) is 4. The number of nitrogens with one attached hydrogen (secondary N) is 1. The van der Waals surface area contributed by atoms with Crippen molar-refractivity contribution >= 4 is 11.3 Å². The van der Waals surface area contributed by atoms with Crippen molar-refractivity contribution in [3.05, 3.63) is 21.9 Å². The molecule has 3 N–H and O–H groups in total. The molecule has 0 aliphatic heterocycles. The van der Waals surface area contributed by atoms with Gasteiger partial charge in [-0.3, -0.25) is 11.3 Å². The molecule has 0 aliphatic rings. The minimum atomic E-state index is 0.214. The Morgan fingerprint density at radius 2 is 2.46 bits per heavy atom. The molecule has 0 saturated carbocycles. The summed E-state index contributed by atoms with van der Waals surface area (Å²) < 4.78 is 5.02. The van der Waals surface area contributed by atoms with Crippen LogP contribution in [0.3, 0.4) is 0 Å². The summed E-state index contributed by atoms with van der Waals surface area (Å²) in [7, 11) is 1.70. The molecular formula is C9H16N2OS. The van der Waals surface area contributed by atoms with Crippen molar-refractivity contribution in [3.63, 3.8) is 0 Å². The summed E-state index contributed by atoms with van der Waals surface area (Å²) in [5.74, 6) is 5.47. The minimum absolute atomic E-state index is 0.214. The number of hydrazine groups is 1. The average Bonchev–Trinajstić information content (AvgIpc) is 2.54. The molecule has 0 bridgehead atoms. The lowest BCUT2D eigenvalue weighted by molar-refractivity contribution is 0.183. The molecule has 0 saturated heterocycles. The van der Waals surface area contributed by atoms with Crippen LogP contribution in [0, 0.1) is 6.92 Å². The Balaban J connectivity index is 2.61. The topological polar surface area (TPSA) is 47.3 Å². The van der Waals surface area contributed by atoms with E-state index >= 15 is 0 Å². The molecule has 1 aromatic rings. The lowest BCUT2D eigenvalue weighted by atomic mass is 10.1. The van der Waals surface area contributed by atoms with Gasteiger partial charge < -0.3 is 4.74 Å². The van der Waals surface area contributed by atoms with E-state index < -0.39 is 0 Å². The van der Waals surface area contributed by atoms with E-state index in [4.69, 9.17) is 10.6 Å². The van der Waals surface area contributed by atoms with Crippen molar-refractivity contribution in [2.24, 2.45) is 5.84 Å². The van der Waals surface area contributed by atoms with Gasteiger partial charge in [0.25, 0.3) is 0 Å². The fourth-order valence-electron chi connectivity index (χ4n) is 1.32. The monoisotopic (exact) mass is 200 g/mol. The summed E-state index contributed by atoms with van der Waals surface area (Å²) >= 11 is 1.75. The first kappa shape index (κ1) is 10.7. The van der Waals surface area contributed by atoms with Crippen LogP contribution in [0.1, 0.15) is 22.9 Å². The molecule has 0 fully saturated rings. The second kappa shape index (κ2) is 5.34. The summed E-state index contributed by atoms with van der Waals surface area (Å²) in [6.45, 7) is 2.83. The van der Waals surface area contributed by atoms with E-state index in [1.165, 1.54) is 10.4 Å². The number of aryl methyl sites for hydroxylation is 1. The van der Waals surface area contributed by atoms with Crippen molar-refractivity contribution in [1.29, 1.82) is 0 Å². The van der Waals surface area contributed by atoms with Gasteiger partial charge in [-0.25, -0.2) is 0 Å². The number of nitrogens with two attached hydrogens (primary N) is 1. The molecule has 1 heterocycles. The zero-order valence-electron chi connectivity index (χ0n) is 8.04. The van der Waals surface area contributed by atoms with Gasteiger partial charge in [0, 0.05) is 24.6 Å². The van der Waals surface area contributed by atoms with Crippen LogP contribution < -0.4 is 11.3 Å². The molecule has 0 aliphatic carbocycles. The second-order valence-corrected chi connectivity index (χ2v) is 4.05. The third kappa shape index (κ3) is 2.77. The van der Waals surface area contributed by atoms with Crippen molar-refractivity contribution in [1.82, 2.24) is 5.43 Å². The molecule has 1 unspecified atom stereocenters. The van der Waals surface area contributed by atoms with E-state index in [0.717, 1.165) is 13.0 Å². The Hall–Kier alpha value is -0.420. The van der Waals surface area contributed by atoms with Crippen LogP contribution in [0.25, 0.3) is 0 Å². The summed E-state index contributed by atoms with van der Waals surface area (Å²) in [4.78, 5) is 1.32. The SMILES string of the molecule is COCCC(NN)c1ccsc1C. The molecule has 0 aromatic carbocycles. The summed E-state index contributed by atoms with van der Waals surface area (Å²) in [6, 6.07) is 2.33. The average molecular weight is 200 g/mol. The molecule has 1 atom stereocenters. The van der Waals surface area contributed by atoms with E-state index in [1.54, 1.807) is 18.4 Å². The first-order valence-corrected chi connectivity index (χ1v) is 5.16. The zero-order chi connectivity index (χ0) is 9.68. The van der Waals surface area contributed by atoms with Crippen LogP contribution in [0.15, 0.2) is 11.4 Å². The predicted octanol–water partition coefficient (Wildman–Crippen LogP) is 1.60. The van der Waals surface area contributed by atoms with Crippen LogP contribution in [-0.4, -0.2) is 13.7 Å². The molecule has 4 heteroatoms. The van der Waals surface area contributed by atoms with Crippen molar-refractivity contribution in [2.75, 3.05) is 13.7 Å². The van der Waals surface area contributed by atoms with Crippen LogP contribution in [0.2, 0.25) is 0 Å². The Kier molecular flexibility index (Phi) is 4.38. The molecule has 0 radical (unpaired) electrons. The van der Waals surface area contributed by atoms with Crippen LogP contribution in [0.4, 0.5) is 0 Å². The van der Waals surface area contributed by atoms with Gasteiger partial charge in [0.15, 0.2) is 0 Å². The zero-order valence-corrected chi connectivity index (χ0v) is 8.86. The number of thiophene rings is 1. The third-order valence-corrected chi connectivity index (χ3v) is 2.95. The van der Waals surface area contributed by atoms with Gasteiger partial charge in [0.2, 0.25) is 0 Å². The highest BCUT2D eigenvalue weighted by Crippen LogP contribution is 2.24. The van der Waals surface area contributed by atoms with Gasteiger partial charge in [-0.2, -0.15) is 0 Å². The van der Waals surface area contributed by atoms with E-state index in [9.17, 15) is 0 Å². The molecule has 3 nitrogen and oxygen atoms in total. The van der Waals surface area contributed by atoms with Gasteiger partial charge in [-0.05, 0) is 30.4 Å². The number of hydrogen-bond donors (Lipinski definition) is 2. The van der Waals surface area contributed by atoms with Crippen molar-refractivity contribution in [3.8, 4) is 0 Å². The highest BCUT2D eigenvalue weighted by molar-refractivity contribution is 7.10. The number of methoxy groups -OCH3 is 1. The van der Waals surface area contributed by atoms with E-state index in [2.05, 4.69) is 23.8 Å². The fraction of sp³-hybridized carbons (Fsp3) is 0.556. The highest BCUT2D eigenvalue weighted by Gasteiger charge is 2.12. The Labute approximate surface area is 82.9 Å². The molecule has 0 amide bonds. The molecule has 1 rings (SSSR count). The Morgan fingerprint density at radius 3 is 2.92 bits per heavy atom. The first-order valence-electron chi connectivity index (χ1n) is 4.28. The van der Waals surface area contributed by atoms with E-state index in [0.29, 0.717) is 0 Å². The molecule has 13 heavy (non-hydrogen) atoms. The molecular weight excluding hydrogens is 184 g/mol. The summed E-state index contributed by atoms with van der Waals surface area (Å²) in [5, 5.41) is 2.09. The summed E-state index contributed by atoms with van der Waals surface area (Å²) in [5.41, 5.74) is 4.09. The standard InChI is InChI=1S/C9H16N2OS/c1-7-8(4-6-13-7)9(11-10)3-5-12-2/h4,6,9,11H,3,5,10H2,1-2H3. The first-order chi connectivity index (χ1) is 6.29. The predicted molar refractivity (Wildman–Crippen MR) is 55.6 cm³/mol. The van der Waals surface area contributed by atoms with Crippen molar-refractivity contribution < 1.29 is 4.74 Å². The van der Waals surface area contributed by atoms with Gasteiger partial charge in [-0.1, -0.05) is 0 Å². The lowest BCUT2D eigenvalue weighted by Gasteiger charge is -2.15. The Bertz CT molecular complexity index is 250. The molecule has 1 aromatic heterocycles. The van der Waals surface area contributed by atoms with Crippen LogP contribution >= 0.6 is 11.3 Å². The lowest BCUT2D eigenvalue weighted by Crippen LogP contribution is -2.29. The summed E-state index contributed by atoms with van der Waals surface area (Å²) in [6.07, 6.45) is 0.907. The number of rotatable bonds is 5. The van der Waals surface area contributed by atoms with E-state index in [-0.39, 0.29) is 6.04 Å². The molecule has 74 valence electrons. The maximum atomic E-state index is 5.47. The minimum Gasteiger partial charge on any atom is -0.385 e. The smallest absolute Gasteiger partial charge is 0.0492 e. The third-order valence-electron chi connectivity index (χ3n) is 2.09. The largest absolute Gasteiger partial charge is 0.385 e. The van der Waals surface area contributed by atoms with Crippen molar-refractivity contribution in [2.45, 2.75) is 19.4 Å². The van der Waals surface area contributed by atoms with E-state index in [1.807, 2.05) is 0 Å². The van der Waals surface area contributed by atoms with Crippen LogP contribution in [-0.2, 0) is 4.74 Å². The number of ether oxygens (including phenoxy) is 1. The normalized spacial score (nSPS) is 13.2. The van der Waals surface area contributed by atoms with Gasteiger partial charge in [0.05, 0.1) is 0 Å².